The van der Waals surface area contributed by atoms with Crippen LogP contribution in [0.2, 0.25) is 0 Å². The lowest BCUT2D eigenvalue weighted by molar-refractivity contribution is 0.640. The predicted molar refractivity (Wildman–Crippen MR) is 91.9 cm³/mol. The highest BCUT2D eigenvalue weighted by atomic mass is 15.3. The van der Waals surface area contributed by atoms with Gasteiger partial charge in [0.15, 0.2) is 11.6 Å². The highest BCUT2D eigenvalue weighted by Crippen LogP contribution is 2.26. The number of hydrogen-bond donors (Lipinski definition) is 0. The van der Waals surface area contributed by atoms with E-state index in [4.69, 9.17) is 0 Å². The Hall–Kier alpha value is -2.75. The minimum atomic E-state index is 0.321. The number of rotatable bonds is 4. The van der Waals surface area contributed by atoms with E-state index >= 15 is 0 Å². The van der Waals surface area contributed by atoms with Gasteiger partial charge < -0.3 is 9.80 Å². The van der Waals surface area contributed by atoms with Crippen LogP contribution in [-0.4, -0.2) is 46.6 Å². The first-order chi connectivity index (χ1) is 11.6. The third kappa shape index (κ3) is 3.00. The molecule has 1 aliphatic heterocycles. The molecule has 0 unspecified atom stereocenters. The zero-order valence-electron chi connectivity index (χ0n) is 14.3. The zero-order valence-corrected chi connectivity index (χ0v) is 14.3. The van der Waals surface area contributed by atoms with Gasteiger partial charge in [-0.2, -0.15) is 15.5 Å². The first kappa shape index (κ1) is 16.1. The quantitative estimate of drug-likeness (QED) is 0.849. The Balaban J connectivity index is 1.81. The Kier molecular flexibility index (Phi) is 4.56. The van der Waals surface area contributed by atoms with Gasteiger partial charge in [-0.1, -0.05) is 0 Å². The van der Waals surface area contributed by atoms with Crippen LogP contribution in [0.3, 0.4) is 0 Å². The van der Waals surface area contributed by atoms with Crippen molar-refractivity contribution in [2.45, 2.75) is 32.7 Å². The van der Waals surface area contributed by atoms with Crippen LogP contribution in [0.4, 0.5) is 11.6 Å². The maximum absolute atomic E-state index is 9.49. The van der Waals surface area contributed by atoms with E-state index in [1.807, 2.05) is 37.9 Å². The number of aryl methyl sites for hydroxylation is 1. The molecule has 0 radical (unpaired) electrons. The van der Waals surface area contributed by atoms with E-state index in [1.54, 1.807) is 6.20 Å². The van der Waals surface area contributed by atoms with Gasteiger partial charge in [0.1, 0.15) is 11.6 Å². The fraction of sp³-hybridized carbons (Fsp3) is 0.471. The Bertz CT molecular complexity index is 754. The van der Waals surface area contributed by atoms with Crippen LogP contribution in [-0.2, 0) is 0 Å². The van der Waals surface area contributed by atoms with Gasteiger partial charge in [-0.15, -0.1) is 10.2 Å². The summed E-state index contributed by atoms with van der Waals surface area (Å²) in [6.45, 7) is 5.53. The minimum Gasteiger partial charge on any atom is -0.355 e. The normalized spacial score (nSPS) is 16.9. The number of likely N-dealkylation sites (N-methyl/N-ethyl adjacent to an activating group) is 1. The molecule has 2 aromatic rings. The van der Waals surface area contributed by atoms with Gasteiger partial charge in [0.25, 0.3) is 0 Å². The number of anilines is 2. The van der Waals surface area contributed by atoms with Crippen molar-refractivity contribution in [1.29, 1.82) is 5.26 Å². The molecule has 24 heavy (non-hydrogen) atoms. The summed E-state index contributed by atoms with van der Waals surface area (Å²) in [5, 5.41) is 26.1. The topological polar surface area (TPSA) is 81.8 Å². The van der Waals surface area contributed by atoms with E-state index in [2.05, 4.69) is 31.4 Å². The first-order valence-electron chi connectivity index (χ1n) is 8.11. The summed E-state index contributed by atoms with van der Waals surface area (Å²) in [4.78, 5) is 4.31. The van der Waals surface area contributed by atoms with Gasteiger partial charge in [-0.25, -0.2) is 0 Å². The fourth-order valence-corrected chi connectivity index (χ4v) is 3.17. The van der Waals surface area contributed by atoms with E-state index in [0.29, 0.717) is 17.4 Å². The van der Waals surface area contributed by atoms with Gasteiger partial charge in [0.05, 0.1) is 5.69 Å². The molecule has 3 rings (SSSR count). The lowest BCUT2D eigenvalue weighted by Crippen LogP contribution is -2.40. The molecule has 0 saturated carbocycles. The highest BCUT2D eigenvalue weighted by molar-refractivity contribution is 5.57. The van der Waals surface area contributed by atoms with Crippen LogP contribution in [0.1, 0.15) is 29.7 Å². The second-order valence-electron chi connectivity index (χ2n) is 6.17. The molecule has 0 aromatic carbocycles. The Morgan fingerprint density at radius 2 is 2.17 bits per heavy atom. The van der Waals surface area contributed by atoms with E-state index in [-0.39, 0.29) is 0 Å². The Morgan fingerprint density at radius 3 is 2.88 bits per heavy atom. The van der Waals surface area contributed by atoms with Crippen LogP contribution in [0.25, 0.3) is 0 Å². The van der Waals surface area contributed by atoms with Crippen LogP contribution in [0.15, 0.2) is 18.3 Å². The second kappa shape index (κ2) is 6.79. The average molecular weight is 323 g/mol. The van der Waals surface area contributed by atoms with Gasteiger partial charge >= 0.3 is 0 Å². The SMILES string of the molecule is Cc1nnc(N(C)C[C@H]2CCCN2c2cccnn2)c(C#N)c1C. The fourth-order valence-electron chi connectivity index (χ4n) is 3.17. The molecule has 0 N–H and O–H groups in total. The summed E-state index contributed by atoms with van der Waals surface area (Å²) in [6.07, 6.45) is 3.89. The van der Waals surface area contributed by atoms with Crippen molar-refractivity contribution in [3.05, 3.63) is 35.2 Å². The lowest BCUT2D eigenvalue weighted by atomic mass is 10.1. The molecular weight excluding hydrogens is 302 g/mol. The summed E-state index contributed by atoms with van der Waals surface area (Å²) in [7, 11) is 1.97. The van der Waals surface area contributed by atoms with Crippen molar-refractivity contribution in [1.82, 2.24) is 20.4 Å². The molecule has 0 bridgehead atoms. The molecule has 1 fully saturated rings. The van der Waals surface area contributed by atoms with Crippen molar-refractivity contribution in [2.75, 3.05) is 29.9 Å². The molecule has 0 amide bonds. The van der Waals surface area contributed by atoms with Crippen LogP contribution < -0.4 is 9.80 Å². The van der Waals surface area contributed by atoms with Crippen molar-refractivity contribution in [3.63, 3.8) is 0 Å². The van der Waals surface area contributed by atoms with Gasteiger partial charge in [0, 0.05) is 32.4 Å². The zero-order chi connectivity index (χ0) is 17.1. The van der Waals surface area contributed by atoms with Crippen molar-refractivity contribution < 1.29 is 0 Å². The smallest absolute Gasteiger partial charge is 0.169 e. The monoisotopic (exact) mass is 323 g/mol. The second-order valence-corrected chi connectivity index (χ2v) is 6.17. The van der Waals surface area contributed by atoms with E-state index in [0.717, 1.165) is 43.0 Å². The van der Waals surface area contributed by atoms with Crippen molar-refractivity contribution >= 4 is 11.6 Å². The summed E-state index contributed by atoms with van der Waals surface area (Å²) in [6, 6.07) is 6.49. The number of hydrogen-bond acceptors (Lipinski definition) is 7. The van der Waals surface area contributed by atoms with Crippen molar-refractivity contribution in [3.8, 4) is 6.07 Å². The summed E-state index contributed by atoms with van der Waals surface area (Å²) in [5.74, 6) is 1.55. The molecule has 124 valence electrons. The molecular formula is C17H21N7. The Labute approximate surface area is 141 Å². The Morgan fingerprint density at radius 1 is 1.33 bits per heavy atom. The molecule has 1 saturated heterocycles. The van der Waals surface area contributed by atoms with E-state index in [9.17, 15) is 5.26 Å². The summed E-state index contributed by atoms with van der Waals surface area (Å²) < 4.78 is 0. The molecule has 1 atom stereocenters. The molecule has 2 aromatic heterocycles. The van der Waals surface area contributed by atoms with Gasteiger partial charge in [0.2, 0.25) is 0 Å². The molecule has 7 heteroatoms. The first-order valence-corrected chi connectivity index (χ1v) is 8.11. The van der Waals surface area contributed by atoms with Crippen molar-refractivity contribution in [2.24, 2.45) is 0 Å². The van der Waals surface area contributed by atoms with Crippen LogP contribution in [0.5, 0.6) is 0 Å². The molecule has 0 aliphatic carbocycles. The van der Waals surface area contributed by atoms with Gasteiger partial charge in [-0.3, -0.25) is 0 Å². The molecule has 7 nitrogen and oxygen atoms in total. The largest absolute Gasteiger partial charge is 0.355 e. The third-order valence-electron chi connectivity index (χ3n) is 4.62. The summed E-state index contributed by atoms with van der Waals surface area (Å²) >= 11 is 0. The lowest BCUT2D eigenvalue weighted by Gasteiger charge is -2.30. The van der Waals surface area contributed by atoms with Crippen LogP contribution in [0, 0.1) is 25.2 Å². The summed E-state index contributed by atoms with van der Waals surface area (Å²) in [5.41, 5.74) is 2.30. The highest BCUT2D eigenvalue weighted by Gasteiger charge is 2.28. The predicted octanol–water partition coefficient (Wildman–Crippen LogP) is 1.86. The molecule has 1 aliphatic rings. The molecule has 3 heterocycles. The maximum atomic E-state index is 9.49. The van der Waals surface area contributed by atoms with E-state index in [1.165, 1.54) is 0 Å². The standard InChI is InChI=1S/C17H21N7/c1-12-13(2)20-22-17(15(12)10-18)23(3)11-14-6-5-9-24(14)16-7-4-8-19-21-16/h4,7-8,14H,5-6,9,11H2,1-3H3/t14-/m1/s1. The van der Waals surface area contributed by atoms with Crippen LogP contribution >= 0.6 is 0 Å². The average Bonchev–Trinajstić information content (AvgIpc) is 3.06. The minimum absolute atomic E-state index is 0.321. The maximum Gasteiger partial charge on any atom is 0.169 e. The number of aromatic nitrogens is 4. The molecule has 0 spiro atoms. The number of nitriles is 1. The van der Waals surface area contributed by atoms with Gasteiger partial charge in [-0.05, 0) is 44.4 Å². The number of nitrogens with zero attached hydrogens (tertiary/aromatic N) is 7. The van der Waals surface area contributed by atoms with E-state index < -0.39 is 0 Å². The third-order valence-corrected chi connectivity index (χ3v) is 4.62.